The number of aromatic nitrogens is 1. The largest absolute Gasteiger partial charge is 0.360 e. The second kappa shape index (κ2) is 3.53. The Morgan fingerprint density at radius 2 is 2.30 bits per heavy atom. The van der Waals surface area contributed by atoms with Gasteiger partial charge in [-0.05, 0) is 22.9 Å². The van der Waals surface area contributed by atoms with Crippen LogP contribution in [0.5, 0.6) is 0 Å². The smallest absolute Gasteiger partial charge is 0.151 e. The molecule has 0 radical (unpaired) electrons. The van der Waals surface area contributed by atoms with Crippen molar-refractivity contribution in [3.8, 4) is 0 Å². The number of hydrogen-bond donors (Lipinski definition) is 0. The average molecular weight is 269 g/mol. The van der Waals surface area contributed by atoms with Crippen molar-refractivity contribution >= 4 is 31.9 Å². The zero-order chi connectivity index (χ0) is 7.56. The van der Waals surface area contributed by atoms with Crippen molar-refractivity contribution in [1.29, 1.82) is 0 Å². The van der Waals surface area contributed by atoms with E-state index in [1.165, 1.54) is 0 Å². The van der Waals surface area contributed by atoms with Gasteiger partial charge in [-0.15, -0.1) is 0 Å². The number of halogens is 2. The Morgan fingerprint density at radius 1 is 1.60 bits per heavy atom. The molecule has 0 atom stereocenters. The van der Waals surface area contributed by atoms with Gasteiger partial charge in [-0.25, -0.2) is 0 Å². The van der Waals surface area contributed by atoms with Crippen LogP contribution < -0.4 is 0 Å². The molecule has 0 spiro atoms. The summed E-state index contributed by atoms with van der Waals surface area (Å²) >= 11 is 6.69. The van der Waals surface area contributed by atoms with Gasteiger partial charge < -0.3 is 4.52 Å². The number of rotatable bonds is 2. The summed E-state index contributed by atoms with van der Waals surface area (Å²) in [6, 6.07) is 0. The topological polar surface area (TPSA) is 26.0 Å². The molecule has 2 nitrogen and oxygen atoms in total. The van der Waals surface area contributed by atoms with Gasteiger partial charge in [0.05, 0.1) is 10.2 Å². The lowest BCUT2D eigenvalue weighted by atomic mass is 10.3. The molecular formula is C6H7Br2NO. The van der Waals surface area contributed by atoms with E-state index in [0.29, 0.717) is 0 Å². The second-order valence-corrected chi connectivity index (χ2v) is 3.53. The third-order valence-electron chi connectivity index (χ3n) is 1.18. The first-order valence-electron chi connectivity index (χ1n) is 2.92. The molecule has 10 heavy (non-hydrogen) atoms. The van der Waals surface area contributed by atoms with Gasteiger partial charge in [-0.2, -0.15) is 0 Å². The number of nitrogens with zero attached hydrogens (tertiary/aromatic N) is 1. The Kier molecular flexibility index (Phi) is 2.92. The molecule has 56 valence electrons. The minimum atomic E-state index is 0.876. The summed E-state index contributed by atoms with van der Waals surface area (Å²) < 4.78 is 6.00. The minimum absolute atomic E-state index is 0.876. The highest BCUT2D eigenvalue weighted by molar-refractivity contribution is 9.10. The summed E-state index contributed by atoms with van der Waals surface area (Å²) in [5, 5.41) is 4.70. The van der Waals surface area contributed by atoms with E-state index in [0.717, 1.165) is 27.7 Å². The first-order valence-corrected chi connectivity index (χ1v) is 4.83. The molecule has 0 unspecified atom stereocenters. The maximum Gasteiger partial charge on any atom is 0.151 e. The lowest BCUT2D eigenvalue weighted by Gasteiger charge is -1.87. The molecule has 1 heterocycles. The highest BCUT2D eigenvalue weighted by atomic mass is 79.9. The molecule has 0 saturated heterocycles. The van der Waals surface area contributed by atoms with E-state index in [9.17, 15) is 0 Å². The minimum Gasteiger partial charge on any atom is -0.360 e. The van der Waals surface area contributed by atoms with Gasteiger partial charge in [-0.3, -0.25) is 0 Å². The Balaban J connectivity index is 2.83. The van der Waals surface area contributed by atoms with Crippen molar-refractivity contribution in [2.24, 2.45) is 0 Å². The van der Waals surface area contributed by atoms with E-state index >= 15 is 0 Å². The third kappa shape index (κ3) is 1.61. The number of aryl methyl sites for hydroxylation is 2. The summed E-state index contributed by atoms with van der Waals surface area (Å²) in [7, 11) is 0. The summed E-state index contributed by atoms with van der Waals surface area (Å²) in [6.45, 7) is 1.91. The molecule has 1 rings (SSSR count). The lowest BCUT2D eigenvalue weighted by molar-refractivity contribution is 0.383. The molecule has 0 amide bonds. The summed E-state index contributed by atoms with van der Waals surface area (Å²) in [6.07, 6.45) is 0.876. The Bertz CT molecular complexity index is 222. The maximum atomic E-state index is 5.01. The Labute approximate surface area is 76.2 Å². The molecule has 0 aliphatic heterocycles. The maximum absolute atomic E-state index is 5.01. The second-order valence-electron chi connectivity index (χ2n) is 1.94. The van der Waals surface area contributed by atoms with Crippen LogP contribution in [-0.2, 0) is 6.42 Å². The van der Waals surface area contributed by atoms with Crippen molar-refractivity contribution in [2.45, 2.75) is 13.3 Å². The fourth-order valence-electron chi connectivity index (χ4n) is 0.647. The van der Waals surface area contributed by atoms with Gasteiger partial charge in [0.2, 0.25) is 0 Å². The fourth-order valence-corrected chi connectivity index (χ4v) is 1.35. The molecular weight excluding hydrogens is 262 g/mol. The number of alkyl halides is 1. The molecule has 0 aliphatic rings. The quantitative estimate of drug-likeness (QED) is 0.771. The van der Waals surface area contributed by atoms with Crippen molar-refractivity contribution in [3.63, 3.8) is 0 Å². The van der Waals surface area contributed by atoms with Gasteiger partial charge in [0, 0.05) is 11.8 Å². The molecule has 1 aromatic heterocycles. The first kappa shape index (κ1) is 8.27. The normalized spacial score (nSPS) is 10.3. The van der Waals surface area contributed by atoms with Crippen LogP contribution in [0.2, 0.25) is 0 Å². The highest BCUT2D eigenvalue weighted by Crippen LogP contribution is 2.20. The molecule has 0 aliphatic carbocycles. The van der Waals surface area contributed by atoms with E-state index in [1.54, 1.807) is 0 Å². The van der Waals surface area contributed by atoms with Crippen molar-refractivity contribution < 1.29 is 4.52 Å². The summed E-state index contributed by atoms with van der Waals surface area (Å²) in [4.78, 5) is 0. The van der Waals surface area contributed by atoms with Crippen molar-refractivity contribution in [1.82, 2.24) is 5.16 Å². The van der Waals surface area contributed by atoms with Gasteiger partial charge in [0.25, 0.3) is 0 Å². The third-order valence-corrected chi connectivity index (χ3v) is 2.59. The van der Waals surface area contributed by atoms with Crippen LogP contribution in [-0.4, -0.2) is 10.5 Å². The molecule has 0 N–H and O–H groups in total. The van der Waals surface area contributed by atoms with Crippen LogP contribution in [0, 0.1) is 6.92 Å². The summed E-state index contributed by atoms with van der Waals surface area (Å²) in [5.41, 5.74) is 0.913. The van der Waals surface area contributed by atoms with E-state index < -0.39 is 0 Å². The van der Waals surface area contributed by atoms with Crippen LogP contribution in [0.15, 0.2) is 9.00 Å². The lowest BCUT2D eigenvalue weighted by Crippen LogP contribution is -1.82. The SMILES string of the molecule is Cc1noc(CCBr)c1Br. The zero-order valence-electron chi connectivity index (χ0n) is 5.53. The van der Waals surface area contributed by atoms with Crippen molar-refractivity contribution in [3.05, 3.63) is 15.9 Å². The predicted molar refractivity (Wildman–Crippen MR) is 46.4 cm³/mol. The van der Waals surface area contributed by atoms with Crippen molar-refractivity contribution in [2.75, 3.05) is 5.33 Å². The molecule has 0 aromatic carbocycles. The van der Waals surface area contributed by atoms with Crippen LogP contribution in [0.25, 0.3) is 0 Å². The predicted octanol–water partition coefficient (Wildman–Crippen LogP) is 2.68. The van der Waals surface area contributed by atoms with Gasteiger partial charge in [0.15, 0.2) is 5.76 Å². The van der Waals surface area contributed by atoms with E-state index in [4.69, 9.17) is 4.52 Å². The van der Waals surface area contributed by atoms with E-state index in [-0.39, 0.29) is 0 Å². The zero-order valence-corrected chi connectivity index (χ0v) is 8.70. The van der Waals surface area contributed by atoms with Crippen LogP contribution in [0.4, 0.5) is 0 Å². The molecule has 0 saturated carbocycles. The molecule has 1 aromatic rings. The Morgan fingerprint density at radius 3 is 2.70 bits per heavy atom. The molecule has 0 bridgehead atoms. The molecule has 4 heteroatoms. The monoisotopic (exact) mass is 267 g/mol. The number of hydrogen-bond acceptors (Lipinski definition) is 2. The molecule has 0 fully saturated rings. The Hall–Kier alpha value is 0.170. The van der Waals surface area contributed by atoms with E-state index in [1.807, 2.05) is 6.92 Å². The van der Waals surface area contributed by atoms with Crippen LogP contribution in [0.3, 0.4) is 0 Å². The standard InChI is InChI=1S/C6H7Br2NO/c1-4-6(8)5(2-3-7)10-9-4/h2-3H2,1H3. The summed E-state index contributed by atoms with van der Waals surface area (Å²) in [5.74, 6) is 0.911. The van der Waals surface area contributed by atoms with Crippen LogP contribution in [0.1, 0.15) is 11.5 Å². The fraction of sp³-hybridized carbons (Fsp3) is 0.500. The average Bonchev–Trinajstić information content (AvgIpc) is 2.20. The first-order chi connectivity index (χ1) is 4.75. The van der Waals surface area contributed by atoms with E-state index in [2.05, 4.69) is 37.0 Å². The van der Waals surface area contributed by atoms with Crippen LogP contribution >= 0.6 is 31.9 Å². The van der Waals surface area contributed by atoms with Gasteiger partial charge >= 0.3 is 0 Å². The van der Waals surface area contributed by atoms with Gasteiger partial charge in [0.1, 0.15) is 0 Å². The highest BCUT2D eigenvalue weighted by Gasteiger charge is 2.07. The van der Waals surface area contributed by atoms with Gasteiger partial charge in [-0.1, -0.05) is 21.1 Å².